The summed E-state index contributed by atoms with van der Waals surface area (Å²) in [6.07, 6.45) is 4.64. The highest BCUT2D eigenvalue weighted by Crippen LogP contribution is 2.35. The van der Waals surface area contributed by atoms with Gasteiger partial charge in [0.25, 0.3) is 0 Å². The molecule has 1 atom stereocenters. The van der Waals surface area contributed by atoms with Crippen molar-refractivity contribution in [3.05, 3.63) is 89.5 Å². The van der Waals surface area contributed by atoms with Crippen LogP contribution in [0.5, 0.6) is 0 Å². The molecule has 0 spiro atoms. The number of aromatic nitrogens is 2. The first-order chi connectivity index (χ1) is 11.8. The Labute approximate surface area is 143 Å². The molecule has 0 N–H and O–H groups in total. The number of hydrogen-bond donors (Lipinski definition) is 0. The molecule has 1 aliphatic rings. The molecule has 3 heteroatoms. The van der Waals surface area contributed by atoms with E-state index >= 15 is 0 Å². The van der Waals surface area contributed by atoms with Crippen molar-refractivity contribution in [3.8, 4) is 0 Å². The van der Waals surface area contributed by atoms with Gasteiger partial charge in [0.2, 0.25) is 0 Å². The van der Waals surface area contributed by atoms with Gasteiger partial charge in [-0.25, -0.2) is 0 Å². The quantitative estimate of drug-likeness (QED) is 0.727. The second-order valence-electron chi connectivity index (χ2n) is 6.41. The standard InChI is InChI=1S/C21H21N3/c1-16-20(23-12-11-22-16)15-24-14-19(17-7-3-2-4-8-17)13-18-9-5-6-10-21(18)24/h2-12,19H,13-15H2,1H3. The molecule has 0 saturated heterocycles. The molecule has 1 unspecified atom stereocenters. The third kappa shape index (κ3) is 2.90. The molecule has 0 radical (unpaired) electrons. The van der Waals surface area contributed by atoms with E-state index in [-0.39, 0.29) is 0 Å². The van der Waals surface area contributed by atoms with Crippen molar-refractivity contribution in [2.75, 3.05) is 11.4 Å². The second-order valence-corrected chi connectivity index (χ2v) is 6.41. The smallest absolute Gasteiger partial charge is 0.0808 e. The molecule has 0 amide bonds. The average molecular weight is 315 g/mol. The summed E-state index contributed by atoms with van der Waals surface area (Å²) in [6.45, 7) is 3.85. The van der Waals surface area contributed by atoms with E-state index in [4.69, 9.17) is 0 Å². The Morgan fingerprint density at radius 1 is 0.958 bits per heavy atom. The summed E-state index contributed by atoms with van der Waals surface area (Å²) in [4.78, 5) is 11.4. The average Bonchev–Trinajstić information content (AvgIpc) is 2.64. The van der Waals surface area contributed by atoms with Crippen LogP contribution in [0.1, 0.15) is 28.4 Å². The fraction of sp³-hybridized carbons (Fsp3) is 0.238. The summed E-state index contributed by atoms with van der Waals surface area (Å²) < 4.78 is 0. The molecule has 0 saturated carbocycles. The third-order valence-electron chi connectivity index (χ3n) is 4.83. The van der Waals surface area contributed by atoms with E-state index in [1.165, 1.54) is 16.8 Å². The van der Waals surface area contributed by atoms with E-state index in [2.05, 4.69) is 69.5 Å². The summed E-state index contributed by atoms with van der Waals surface area (Å²) in [6, 6.07) is 19.6. The maximum absolute atomic E-state index is 4.54. The van der Waals surface area contributed by atoms with Crippen LogP contribution in [0.2, 0.25) is 0 Å². The van der Waals surface area contributed by atoms with Gasteiger partial charge in [-0.15, -0.1) is 0 Å². The molecule has 3 nitrogen and oxygen atoms in total. The Morgan fingerprint density at radius 3 is 2.54 bits per heavy atom. The lowest BCUT2D eigenvalue weighted by Crippen LogP contribution is -2.34. The van der Waals surface area contributed by atoms with E-state index < -0.39 is 0 Å². The van der Waals surface area contributed by atoms with Crippen molar-refractivity contribution in [1.82, 2.24) is 9.97 Å². The van der Waals surface area contributed by atoms with E-state index in [1.807, 2.05) is 6.92 Å². The van der Waals surface area contributed by atoms with Gasteiger partial charge >= 0.3 is 0 Å². The predicted octanol–water partition coefficient (Wildman–Crippen LogP) is 4.13. The Balaban J connectivity index is 1.68. The van der Waals surface area contributed by atoms with Gasteiger partial charge in [-0.3, -0.25) is 9.97 Å². The van der Waals surface area contributed by atoms with E-state index in [1.54, 1.807) is 12.4 Å². The molecule has 0 fully saturated rings. The number of anilines is 1. The zero-order valence-electron chi connectivity index (χ0n) is 13.9. The topological polar surface area (TPSA) is 29.0 Å². The first kappa shape index (κ1) is 14.9. The number of rotatable bonds is 3. The lowest BCUT2D eigenvalue weighted by molar-refractivity contribution is 0.601. The molecule has 1 aliphatic heterocycles. The zero-order valence-corrected chi connectivity index (χ0v) is 13.9. The monoisotopic (exact) mass is 315 g/mol. The van der Waals surface area contributed by atoms with Gasteiger partial charge in [0.15, 0.2) is 0 Å². The first-order valence-electron chi connectivity index (χ1n) is 8.45. The Bertz CT molecular complexity index is 829. The van der Waals surface area contributed by atoms with Gasteiger partial charge in [0.05, 0.1) is 17.9 Å². The van der Waals surface area contributed by atoms with Gasteiger partial charge in [0.1, 0.15) is 0 Å². The number of fused-ring (bicyclic) bond motifs is 1. The van der Waals surface area contributed by atoms with Crippen molar-refractivity contribution >= 4 is 5.69 Å². The Hall–Kier alpha value is -2.68. The predicted molar refractivity (Wildman–Crippen MR) is 97.1 cm³/mol. The molecule has 2 aromatic carbocycles. The molecule has 120 valence electrons. The summed E-state index contributed by atoms with van der Waals surface area (Å²) in [5.41, 5.74) is 6.22. The number of benzene rings is 2. The van der Waals surface area contributed by atoms with Crippen molar-refractivity contribution in [2.24, 2.45) is 0 Å². The van der Waals surface area contributed by atoms with Crippen LogP contribution in [-0.2, 0) is 13.0 Å². The van der Waals surface area contributed by atoms with Crippen molar-refractivity contribution < 1.29 is 0 Å². The van der Waals surface area contributed by atoms with Gasteiger partial charge in [0, 0.05) is 30.5 Å². The number of para-hydroxylation sites is 1. The SMILES string of the molecule is Cc1nccnc1CN1CC(c2ccccc2)Cc2ccccc21. The minimum absolute atomic E-state index is 0.512. The van der Waals surface area contributed by atoms with E-state index in [9.17, 15) is 0 Å². The molecule has 24 heavy (non-hydrogen) atoms. The number of hydrogen-bond acceptors (Lipinski definition) is 3. The number of aryl methyl sites for hydroxylation is 1. The second kappa shape index (κ2) is 6.44. The van der Waals surface area contributed by atoms with Gasteiger partial charge in [-0.2, -0.15) is 0 Å². The summed E-state index contributed by atoms with van der Waals surface area (Å²) >= 11 is 0. The van der Waals surface area contributed by atoms with Crippen molar-refractivity contribution in [3.63, 3.8) is 0 Å². The number of nitrogens with zero attached hydrogens (tertiary/aromatic N) is 3. The summed E-state index contributed by atoms with van der Waals surface area (Å²) in [5, 5.41) is 0. The lowest BCUT2D eigenvalue weighted by Gasteiger charge is -2.36. The van der Waals surface area contributed by atoms with E-state index in [0.29, 0.717) is 5.92 Å². The van der Waals surface area contributed by atoms with Crippen molar-refractivity contribution in [2.45, 2.75) is 25.8 Å². The summed E-state index contributed by atoms with van der Waals surface area (Å²) in [7, 11) is 0. The fourth-order valence-electron chi connectivity index (χ4n) is 3.56. The highest BCUT2D eigenvalue weighted by Gasteiger charge is 2.25. The van der Waals surface area contributed by atoms with Crippen LogP contribution in [0.4, 0.5) is 5.69 Å². The van der Waals surface area contributed by atoms with Crippen LogP contribution >= 0.6 is 0 Å². The van der Waals surface area contributed by atoms with Gasteiger partial charge in [-0.05, 0) is 30.5 Å². The first-order valence-corrected chi connectivity index (χ1v) is 8.45. The Kier molecular flexibility index (Phi) is 3.99. The Morgan fingerprint density at radius 2 is 1.71 bits per heavy atom. The molecule has 3 aromatic rings. The molecular weight excluding hydrogens is 294 g/mol. The van der Waals surface area contributed by atoms with Gasteiger partial charge < -0.3 is 4.90 Å². The molecule has 2 heterocycles. The zero-order chi connectivity index (χ0) is 16.4. The maximum atomic E-state index is 4.54. The normalized spacial score (nSPS) is 16.7. The molecule has 0 aliphatic carbocycles. The third-order valence-corrected chi connectivity index (χ3v) is 4.83. The minimum atomic E-state index is 0.512. The van der Waals surface area contributed by atoms with Crippen LogP contribution in [0.15, 0.2) is 67.0 Å². The van der Waals surface area contributed by atoms with Gasteiger partial charge in [-0.1, -0.05) is 48.5 Å². The largest absolute Gasteiger partial charge is 0.365 e. The summed E-state index contributed by atoms with van der Waals surface area (Å²) in [5.74, 6) is 0.512. The highest BCUT2D eigenvalue weighted by atomic mass is 15.1. The van der Waals surface area contributed by atoms with Crippen LogP contribution in [-0.4, -0.2) is 16.5 Å². The van der Waals surface area contributed by atoms with Crippen LogP contribution in [0.3, 0.4) is 0 Å². The molecule has 4 rings (SSSR count). The highest BCUT2D eigenvalue weighted by molar-refractivity contribution is 5.57. The molecule has 1 aromatic heterocycles. The fourth-order valence-corrected chi connectivity index (χ4v) is 3.56. The van der Waals surface area contributed by atoms with Crippen LogP contribution < -0.4 is 4.90 Å². The van der Waals surface area contributed by atoms with Crippen LogP contribution in [0.25, 0.3) is 0 Å². The molecule has 0 bridgehead atoms. The van der Waals surface area contributed by atoms with Crippen LogP contribution in [0, 0.1) is 6.92 Å². The molecular formula is C21H21N3. The van der Waals surface area contributed by atoms with E-state index in [0.717, 1.165) is 30.9 Å². The lowest BCUT2D eigenvalue weighted by atomic mass is 9.87. The van der Waals surface area contributed by atoms with Crippen molar-refractivity contribution in [1.29, 1.82) is 0 Å². The minimum Gasteiger partial charge on any atom is -0.365 e. The maximum Gasteiger partial charge on any atom is 0.0808 e.